The summed E-state index contributed by atoms with van der Waals surface area (Å²) >= 11 is 0. The van der Waals surface area contributed by atoms with Gasteiger partial charge in [-0.3, -0.25) is 4.79 Å². The highest BCUT2D eigenvalue weighted by molar-refractivity contribution is 7.89. The van der Waals surface area contributed by atoms with Crippen molar-refractivity contribution in [2.45, 2.75) is 63.7 Å². The van der Waals surface area contributed by atoms with Crippen molar-refractivity contribution in [2.75, 3.05) is 18.4 Å². The largest absolute Gasteiger partial charge is 0.325 e. The number of sulfonamides is 1. The molecule has 1 saturated heterocycles. The first-order valence-corrected chi connectivity index (χ1v) is 12.9. The van der Waals surface area contributed by atoms with Gasteiger partial charge in [0.05, 0.1) is 4.90 Å². The van der Waals surface area contributed by atoms with Crippen molar-refractivity contribution in [3.8, 4) is 0 Å². The van der Waals surface area contributed by atoms with Crippen molar-refractivity contribution in [1.82, 2.24) is 4.31 Å². The Morgan fingerprint density at radius 2 is 1.65 bits per heavy atom. The van der Waals surface area contributed by atoms with E-state index in [1.54, 1.807) is 10.4 Å². The molecule has 2 aliphatic rings. The summed E-state index contributed by atoms with van der Waals surface area (Å²) in [4.78, 5) is 13.4. The zero-order valence-corrected chi connectivity index (χ0v) is 19.3. The number of amides is 1. The summed E-state index contributed by atoms with van der Waals surface area (Å²) in [6.45, 7) is 4.95. The second kappa shape index (κ2) is 9.13. The minimum atomic E-state index is -3.51. The van der Waals surface area contributed by atoms with Crippen LogP contribution in [-0.2, 0) is 40.5 Å². The van der Waals surface area contributed by atoms with E-state index in [1.807, 2.05) is 18.2 Å². The van der Waals surface area contributed by atoms with Crippen molar-refractivity contribution in [2.24, 2.45) is 5.92 Å². The molecule has 0 aromatic heterocycles. The molecule has 0 radical (unpaired) electrons. The van der Waals surface area contributed by atoms with Crippen LogP contribution in [0.5, 0.6) is 0 Å². The average molecular weight is 441 g/mol. The molecule has 1 amide bonds. The Morgan fingerprint density at radius 3 is 2.29 bits per heavy atom. The summed E-state index contributed by atoms with van der Waals surface area (Å²) in [7, 11) is -3.51. The van der Waals surface area contributed by atoms with E-state index < -0.39 is 10.0 Å². The molecule has 0 unspecified atom stereocenters. The number of fused-ring (bicyclic) bond motifs is 1. The quantitative estimate of drug-likeness (QED) is 0.727. The normalized spacial score (nSPS) is 17.5. The van der Waals surface area contributed by atoms with Crippen LogP contribution in [0.15, 0.2) is 41.3 Å². The number of anilines is 1. The van der Waals surface area contributed by atoms with Crippen LogP contribution >= 0.6 is 0 Å². The van der Waals surface area contributed by atoms with E-state index in [9.17, 15) is 13.2 Å². The molecule has 166 valence electrons. The third-order valence-electron chi connectivity index (χ3n) is 6.78. The topological polar surface area (TPSA) is 66.5 Å². The minimum absolute atomic E-state index is 0.00480. The highest BCUT2D eigenvalue weighted by atomic mass is 32.2. The summed E-state index contributed by atoms with van der Waals surface area (Å²) in [5.41, 5.74) is 5.66. The van der Waals surface area contributed by atoms with Crippen molar-refractivity contribution >= 4 is 21.6 Å². The number of carbonyl (C=O) groups excluding carboxylic acids is 1. The fourth-order valence-electron chi connectivity index (χ4n) is 4.84. The first-order valence-electron chi connectivity index (χ1n) is 11.5. The van der Waals surface area contributed by atoms with Gasteiger partial charge in [-0.05, 0) is 79.3 Å². The van der Waals surface area contributed by atoms with Crippen LogP contribution in [0.25, 0.3) is 0 Å². The van der Waals surface area contributed by atoms with Crippen LogP contribution in [0.1, 0.15) is 55.4 Å². The third-order valence-corrected chi connectivity index (χ3v) is 8.67. The Kier molecular flexibility index (Phi) is 6.49. The predicted molar refractivity (Wildman–Crippen MR) is 124 cm³/mol. The molecule has 1 heterocycles. The molecule has 31 heavy (non-hydrogen) atoms. The number of hydrogen-bond donors (Lipinski definition) is 1. The summed E-state index contributed by atoms with van der Waals surface area (Å²) in [6.07, 6.45) is 5.91. The van der Waals surface area contributed by atoms with E-state index in [2.05, 4.69) is 31.3 Å². The number of benzene rings is 2. The van der Waals surface area contributed by atoms with E-state index >= 15 is 0 Å². The van der Waals surface area contributed by atoms with Crippen LogP contribution in [0.3, 0.4) is 0 Å². The second-order valence-corrected chi connectivity index (χ2v) is 10.5. The van der Waals surface area contributed by atoms with Gasteiger partial charge in [-0.25, -0.2) is 8.42 Å². The lowest BCUT2D eigenvalue weighted by molar-refractivity contribution is -0.120. The zero-order valence-electron chi connectivity index (χ0n) is 18.5. The molecular formula is C25H32N2O3S. The summed E-state index contributed by atoms with van der Waals surface area (Å²) in [5, 5.41) is 3.16. The molecule has 2 aromatic carbocycles. The highest BCUT2D eigenvalue weighted by Crippen LogP contribution is 2.30. The molecule has 0 bridgehead atoms. The van der Waals surface area contributed by atoms with Gasteiger partial charge in [-0.1, -0.05) is 38.1 Å². The Hall–Kier alpha value is -2.18. The number of nitrogens with zero attached hydrogens (tertiary/aromatic N) is 1. The van der Waals surface area contributed by atoms with Crippen molar-refractivity contribution < 1.29 is 13.2 Å². The number of rotatable bonds is 6. The van der Waals surface area contributed by atoms with Crippen LogP contribution in [-0.4, -0.2) is 31.7 Å². The molecule has 1 aliphatic carbocycles. The zero-order chi connectivity index (χ0) is 22.0. The Bertz CT molecular complexity index is 1050. The van der Waals surface area contributed by atoms with Gasteiger partial charge in [0.1, 0.15) is 0 Å². The Labute approximate surface area is 185 Å². The maximum Gasteiger partial charge on any atom is 0.243 e. The lowest BCUT2D eigenvalue weighted by atomic mass is 9.96. The minimum Gasteiger partial charge on any atom is -0.325 e. The molecule has 0 atom stereocenters. The van der Waals surface area contributed by atoms with Crippen molar-refractivity contribution in [3.63, 3.8) is 0 Å². The lowest BCUT2D eigenvalue weighted by Crippen LogP contribution is -2.41. The predicted octanol–water partition coefficient (Wildman–Crippen LogP) is 4.34. The summed E-state index contributed by atoms with van der Waals surface area (Å²) in [5.74, 6) is -0.161. The summed E-state index contributed by atoms with van der Waals surface area (Å²) in [6, 6.07) is 11.7. The lowest BCUT2D eigenvalue weighted by Gasteiger charge is -2.31. The molecule has 5 nitrogen and oxygen atoms in total. The van der Waals surface area contributed by atoms with Gasteiger partial charge < -0.3 is 5.32 Å². The second-order valence-electron chi connectivity index (χ2n) is 8.61. The van der Waals surface area contributed by atoms with Gasteiger partial charge >= 0.3 is 0 Å². The van der Waals surface area contributed by atoms with E-state index in [0.717, 1.165) is 54.5 Å². The van der Waals surface area contributed by atoms with Crippen molar-refractivity contribution in [3.05, 3.63) is 58.7 Å². The molecule has 0 spiro atoms. The molecule has 0 saturated carbocycles. The van der Waals surface area contributed by atoms with E-state index in [4.69, 9.17) is 0 Å². The fourth-order valence-corrected chi connectivity index (χ4v) is 6.37. The first-order chi connectivity index (χ1) is 14.9. The standard InChI is InChI=1S/C25H32N2O3S/c1-3-18-7-5-8-19(4-2)24(18)26-25(28)21-13-15-27(16-14-21)31(29,30)23-12-11-20-9-6-10-22(20)17-23/h5,7-8,11-12,17,21H,3-4,6,9-10,13-16H2,1-2H3,(H,26,28). The first kappa shape index (κ1) is 22.0. The molecule has 6 heteroatoms. The fraction of sp³-hybridized carbons (Fsp3) is 0.480. The molecule has 1 aliphatic heterocycles. The van der Waals surface area contributed by atoms with Gasteiger partial charge in [0.25, 0.3) is 0 Å². The highest BCUT2D eigenvalue weighted by Gasteiger charge is 2.33. The van der Waals surface area contributed by atoms with Crippen LogP contribution in [0, 0.1) is 5.92 Å². The van der Waals surface area contributed by atoms with Crippen LogP contribution in [0.4, 0.5) is 5.69 Å². The molecule has 1 N–H and O–H groups in total. The summed E-state index contributed by atoms with van der Waals surface area (Å²) < 4.78 is 27.8. The number of hydrogen-bond acceptors (Lipinski definition) is 3. The Morgan fingerprint density at radius 1 is 1.00 bits per heavy atom. The van der Waals surface area contributed by atoms with Gasteiger partial charge in [0, 0.05) is 24.7 Å². The molecule has 1 fully saturated rings. The number of piperidine rings is 1. The van der Waals surface area contributed by atoms with Crippen LogP contribution < -0.4 is 5.32 Å². The smallest absolute Gasteiger partial charge is 0.243 e. The number of nitrogens with one attached hydrogen (secondary N) is 1. The van der Waals surface area contributed by atoms with E-state index in [1.165, 1.54) is 5.56 Å². The van der Waals surface area contributed by atoms with Gasteiger partial charge in [0.2, 0.25) is 15.9 Å². The van der Waals surface area contributed by atoms with E-state index in [0.29, 0.717) is 30.8 Å². The van der Waals surface area contributed by atoms with Crippen molar-refractivity contribution in [1.29, 1.82) is 0 Å². The van der Waals surface area contributed by atoms with Gasteiger partial charge in [0.15, 0.2) is 0 Å². The third kappa shape index (κ3) is 4.41. The number of aryl methyl sites for hydroxylation is 4. The molecule has 2 aromatic rings. The maximum atomic E-state index is 13.1. The molecular weight excluding hydrogens is 408 g/mol. The van der Waals surface area contributed by atoms with E-state index in [-0.39, 0.29) is 11.8 Å². The average Bonchev–Trinajstić information content (AvgIpc) is 3.27. The monoisotopic (exact) mass is 440 g/mol. The van der Waals surface area contributed by atoms with Gasteiger partial charge in [-0.15, -0.1) is 0 Å². The maximum absolute atomic E-state index is 13.1. The van der Waals surface area contributed by atoms with Crippen LogP contribution in [0.2, 0.25) is 0 Å². The number of carbonyl (C=O) groups is 1. The Balaban J connectivity index is 1.42. The van der Waals surface area contributed by atoms with Gasteiger partial charge in [-0.2, -0.15) is 4.31 Å². The molecule has 4 rings (SSSR count). The SMILES string of the molecule is CCc1cccc(CC)c1NC(=O)C1CCN(S(=O)(=O)c2ccc3c(c2)CCC3)CC1. The number of para-hydroxylation sites is 1.